The molecule has 0 radical (unpaired) electrons. The first-order valence-corrected chi connectivity index (χ1v) is 8.51. The lowest BCUT2D eigenvalue weighted by molar-refractivity contribution is -0.141. The lowest BCUT2D eigenvalue weighted by Crippen LogP contribution is -2.35. The summed E-state index contributed by atoms with van der Waals surface area (Å²) in [5.74, 6) is 1.21. The normalized spacial score (nSPS) is 14.3. The number of rotatable bonds is 6. The van der Waals surface area contributed by atoms with E-state index in [4.69, 9.17) is 10.5 Å². The molecule has 26 heavy (non-hydrogen) atoms. The van der Waals surface area contributed by atoms with Crippen molar-refractivity contribution < 1.29 is 17.9 Å². The summed E-state index contributed by atoms with van der Waals surface area (Å²) in [4.78, 5) is 7.73. The fourth-order valence-electron chi connectivity index (χ4n) is 2.72. The number of ether oxygens (including phenoxy) is 1. The van der Waals surface area contributed by atoms with E-state index in [1.54, 1.807) is 19.1 Å². The van der Waals surface area contributed by atoms with E-state index in [1.165, 1.54) is 6.07 Å². The predicted molar refractivity (Wildman–Crippen MR) is 94.4 cm³/mol. The fourth-order valence-corrected chi connectivity index (χ4v) is 2.72. The van der Waals surface area contributed by atoms with Crippen molar-refractivity contribution in [2.75, 3.05) is 0 Å². The summed E-state index contributed by atoms with van der Waals surface area (Å²) >= 11 is 0. The minimum Gasteiger partial charge on any atom is -0.473 e. The molecule has 0 amide bonds. The van der Waals surface area contributed by atoms with Crippen LogP contribution in [-0.4, -0.2) is 16.2 Å². The molecule has 2 aromatic rings. The first-order valence-electron chi connectivity index (χ1n) is 8.51. The van der Waals surface area contributed by atoms with Crippen LogP contribution in [0.15, 0.2) is 30.5 Å². The third-order valence-electron chi connectivity index (χ3n) is 4.05. The van der Waals surface area contributed by atoms with Gasteiger partial charge in [0.2, 0.25) is 0 Å². The molecule has 0 aliphatic carbocycles. The molecular formula is C19H24F3N3O. The Balaban J connectivity index is 2.20. The molecule has 142 valence electrons. The number of halogens is 3. The topological polar surface area (TPSA) is 61.0 Å². The van der Waals surface area contributed by atoms with Crippen LogP contribution in [0, 0.1) is 18.8 Å². The zero-order chi connectivity index (χ0) is 19.5. The van der Waals surface area contributed by atoms with Crippen molar-refractivity contribution in [3.05, 3.63) is 41.9 Å². The molecule has 0 aliphatic heterocycles. The Bertz CT molecular complexity index is 747. The van der Waals surface area contributed by atoms with E-state index in [0.29, 0.717) is 28.6 Å². The highest BCUT2D eigenvalue weighted by Crippen LogP contribution is 2.31. The van der Waals surface area contributed by atoms with Crippen molar-refractivity contribution in [2.45, 2.75) is 46.5 Å². The van der Waals surface area contributed by atoms with Gasteiger partial charge in [-0.1, -0.05) is 20.8 Å². The number of aryl methyl sites for hydroxylation is 1. The van der Waals surface area contributed by atoms with Gasteiger partial charge in [0.05, 0.1) is 11.4 Å². The SMILES string of the molecule is Cc1nc(-c2ccnc(C(F)(F)F)c2)ccc1OC(N)C(C)CC(C)C. The number of nitrogens with zero attached hydrogens (tertiary/aromatic N) is 2. The Kier molecular flexibility index (Phi) is 6.23. The lowest BCUT2D eigenvalue weighted by Gasteiger charge is -2.23. The van der Waals surface area contributed by atoms with E-state index >= 15 is 0 Å². The van der Waals surface area contributed by atoms with Gasteiger partial charge in [0, 0.05) is 17.7 Å². The standard InChI is InChI=1S/C19H24F3N3O/c1-11(2)9-12(3)18(23)26-16-6-5-15(25-13(16)4)14-7-8-24-17(10-14)19(20,21)22/h5-8,10-12,18H,9,23H2,1-4H3. The third-order valence-corrected chi connectivity index (χ3v) is 4.05. The Morgan fingerprint density at radius 2 is 1.85 bits per heavy atom. The number of alkyl halides is 3. The van der Waals surface area contributed by atoms with Crippen molar-refractivity contribution in [2.24, 2.45) is 17.6 Å². The maximum atomic E-state index is 12.8. The first kappa shape index (κ1) is 20.2. The second kappa shape index (κ2) is 8.03. The van der Waals surface area contributed by atoms with Gasteiger partial charge >= 0.3 is 6.18 Å². The monoisotopic (exact) mass is 367 g/mol. The molecule has 0 saturated carbocycles. The second-order valence-electron chi connectivity index (χ2n) is 6.90. The largest absolute Gasteiger partial charge is 0.473 e. The van der Waals surface area contributed by atoms with E-state index in [0.717, 1.165) is 18.7 Å². The van der Waals surface area contributed by atoms with Gasteiger partial charge in [0.25, 0.3) is 0 Å². The third kappa shape index (κ3) is 5.17. The molecule has 0 aromatic carbocycles. The molecule has 2 atom stereocenters. The molecule has 7 heteroatoms. The molecule has 2 rings (SSSR count). The van der Waals surface area contributed by atoms with Gasteiger partial charge in [-0.25, -0.2) is 4.98 Å². The summed E-state index contributed by atoms with van der Waals surface area (Å²) in [5.41, 5.74) is 6.49. The number of pyridine rings is 2. The number of nitrogens with two attached hydrogens (primary N) is 1. The molecular weight excluding hydrogens is 343 g/mol. The number of aromatic nitrogens is 2. The van der Waals surface area contributed by atoms with E-state index in [1.807, 2.05) is 6.92 Å². The molecule has 0 spiro atoms. The van der Waals surface area contributed by atoms with Crippen LogP contribution in [0.1, 0.15) is 38.6 Å². The summed E-state index contributed by atoms with van der Waals surface area (Å²) in [6.07, 6.45) is -2.90. The zero-order valence-corrected chi connectivity index (χ0v) is 15.3. The van der Waals surface area contributed by atoms with Gasteiger partial charge in [-0.3, -0.25) is 10.7 Å². The van der Waals surface area contributed by atoms with Crippen LogP contribution in [0.3, 0.4) is 0 Å². The van der Waals surface area contributed by atoms with Crippen molar-refractivity contribution in [3.63, 3.8) is 0 Å². The zero-order valence-electron chi connectivity index (χ0n) is 15.3. The van der Waals surface area contributed by atoms with Crippen LogP contribution >= 0.6 is 0 Å². The smallest absolute Gasteiger partial charge is 0.433 e. The number of hydrogen-bond acceptors (Lipinski definition) is 4. The highest BCUT2D eigenvalue weighted by Gasteiger charge is 2.32. The molecule has 0 saturated heterocycles. The minimum atomic E-state index is -4.49. The van der Waals surface area contributed by atoms with E-state index in [9.17, 15) is 13.2 Å². The summed E-state index contributed by atoms with van der Waals surface area (Å²) in [7, 11) is 0. The van der Waals surface area contributed by atoms with Gasteiger partial charge in [0.1, 0.15) is 17.7 Å². The van der Waals surface area contributed by atoms with Gasteiger partial charge < -0.3 is 4.74 Å². The fraction of sp³-hybridized carbons (Fsp3) is 0.474. The predicted octanol–water partition coefficient (Wildman–Crippen LogP) is 4.82. The summed E-state index contributed by atoms with van der Waals surface area (Å²) in [6, 6.07) is 5.79. The van der Waals surface area contributed by atoms with Crippen LogP contribution in [0.5, 0.6) is 5.75 Å². The summed E-state index contributed by atoms with van der Waals surface area (Å²) in [6.45, 7) is 8.01. The maximum Gasteiger partial charge on any atom is 0.433 e. The quantitative estimate of drug-likeness (QED) is 0.744. The Morgan fingerprint density at radius 1 is 1.15 bits per heavy atom. The molecule has 0 bridgehead atoms. The molecule has 4 nitrogen and oxygen atoms in total. The molecule has 2 N–H and O–H groups in total. The highest BCUT2D eigenvalue weighted by atomic mass is 19.4. The van der Waals surface area contributed by atoms with Crippen LogP contribution in [-0.2, 0) is 6.18 Å². The maximum absolute atomic E-state index is 12.8. The average molecular weight is 367 g/mol. The Labute approximate surface area is 151 Å². The van der Waals surface area contributed by atoms with Crippen LogP contribution in [0.4, 0.5) is 13.2 Å². The van der Waals surface area contributed by atoms with Gasteiger partial charge in [-0.2, -0.15) is 13.2 Å². The second-order valence-corrected chi connectivity index (χ2v) is 6.90. The van der Waals surface area contributed by atoms with Crippen LogP contribution in [0.2, 0.25) is 0 Å². The molecule has 2 aromatic heterocycles. The van der Waals surface area contributed by atoms with E-state index in [-0.39, 0.29) is 5.92 Å². The highest BCUT2D eigenvalue weighted by molar-refractivity contribution is 5.60. The van der Waals surface area contributed by atoms with Crippen molar-refractivity contribution >= 4 is 0 Å². The number of hydrogen-bond donors (Lipinski definition) is 1. The van der Waals surface area contributed by atoms with Crippen molar-refractivity contribution in [1.82, 2.24) is 9.97 Å². The average Bonchev–Trinajstić information content (AvgIpc) is 2.55. The first-order chi connectivity index (χ1) is 12.1. The summed E-state index contributed by atoms with van der Waals surface area (Å²) < 4.78 is 44.3. The van der Waals surface area contributed by atoms with Crippen molar-refractivity contribution in [1.29, 1.82) is 0 Å². The molecule has 2 unspecified atom stereocenters. The Hall–Kier alpha value is -2.15. The van der Waals surface area contributed by atoms with Crippen molar-refractivity contribution in [3.8, 4) is 17.0 Å². The van der Waals surface area contributed by atoms with E-state index < -0.39 is 18.1 Å². The van der Waals surface area contributed by atoms with Crippen LogP contribution in [0.25, 0.3) is 11.3 Å². The minimum absolute atomic E-state index is 0.170. The van der Waals surface area contributed by atoms with Gasteiger partial charge in [-0.15, -0.1) is 0 Å². The lowest BCUT2D eigenvalue weighted by atomic mass is 9.98. The molecule has 0 aliphatic rings. The van der Waals surface area contributed by atoms with Gasteiger partial charge in [0.15, 0.2) is 0 Å². The van der Waals surface area contributed by atoms with Gasteiger partial charge in [-0.05, 0) is 43.5 Å². The Morgan fingerprint density at radius 3 is 2.42 bits per heavy atom. The van der Waals surface area contributed by atoms with Crippen LogP contribution < -0.4 is 10.5 Å². The summed E-state index contributed by atoms with van der Waals surface area (Å²) in [5, 5.41) is 0. The molecule has 0 fully saturated rings. The molecule has 2 heterocycles. The van der Waals surface area contributed by atoms with E-state index in [2.05, 4.69) is 23.8 Å².